The van der Waals surface area contributed by atoms with Gasteiger partial charge in [0, 0.05) is 0 Å². The van der Waals surface area contributed by atoms with E-state index in [4.69, 9.17) is 9.84 Å². The van der Waals surface area contributed by atoms with E-state index in [0.717, 1.165) is 12.7 Å². The molecule has 2 aromatic carbocycles. The predicted molar refractivity (Wildman–Crippen MR) is 94.5 cm³/mol. The standard InChI is InChI=1S/C19H19NO6/c1-25-19(24)16(10-18(22)23)20-15-9-14(11-21)7-8-17(15)26-12-13-5-3-2-4-6-13/h2-10,20-21H,11-12H2,1H3,(H,22,23). The van der Waals surface area contributed by atoms with Crippen molar-refractivity contribution in [1.82, 2.24) is 0 Å². The number of nitrogens with one attached hydrogen (secondary N) is 1. The summed E-state index contributed by atoms with van der Waals surface area (Å²) in [6.45, 7) is 0.0635. The van der Waals surface area contributed by atoms with E-state index in [1.54, 1.807) is 18.2 Å². The highest BCUT2D eigenvalue weighted by Crippen LogP contribution is 2.28. The maximum Gasteiger partial charge on any atom is 0.354 e. The summed E-state index contributed by atoms with van der Waals surface area (Å²) in [5, 5.41) is 21.0. The van der Waals surface area contributed by atoms with Crippen LogP contribution in [-0.4, -0.2) is 29.3 Å². The molecule has 7 nitrogen and oxygen atoms in total. The first-order valence-electron chi connectivity index (χ1n) is 7.74. The fraction of sp³-hybridized carbons (Fsp3) is 0.158. The van der Waals surface area contributed by atoms with E-state index < -0.39 is 11.9 Å². The average Bonchev–Trinajstić information content (AvgIpc) is 2.66. The van der Waals surface area contributed by atoms with Crippen molar-refractivity contribution in [3.8, 4) is 5.75 Å². The molecular formula is C19H19NO6. The van der Waals surface area contributed by atoms with Crippen LogP contribution < -0.4 is 10.1 Å². The topological polar surface area (TPSA) is 105 Å². The van der Waals surface area contributed by atoms with Crippen molar-refractivity contribution in [2.24, 2.45) is 0 Å². The summed E-state index contributed by atoms with van der Waals surface area (Å²) in [4.78, 5) is 22.7. The largest absolute Gasteiger partial charge is 0.487 e. The second kappa shape index (κ2) is 9.24. The maximum absolute atomic E-state index is 11.8. The third-order valence-corrected chi connectivity index (χ3v) is 3.41. The third-order valence-electron chi connectivity index (χ3n) is 3.41. The Morgan fingerprint density at radius 3 is 2.46 bits per heavy atom. The molecule has 136 valence electrons. The minimum atomic E-state index is -1.30. The van der Waals surface area contributed by atoms with E-state index in [1.165, 1.54) is 0 Å². The highest BCUT2D eigenvalue weighted by Gasteiger charge is 2.15. The zero-order valence-electron chi connectivity index (χ0n) is 14.1. The van der Waals surface area contributed by atoms with E-state index in [2.05, 4.69) is 10.1 Å². The maximum atomic E-state index is 11.8. The molecule has 0 spiro atoms. The Balaban J connectivity index is 2.29. The van der Waals surface area contributed by atoms with Gasteiger partial charge in [0.1, 0.15) is 18.1 Å². The fourth-order valence-electron chi connectivity index (χ4n) is 2.16. The molecule has 0 saturated carbocycles. The predicted octanol–water partition coefficient (Wildman–Crippen LogP) is 2.31. The Morgan fingerprint density at radius 1 is 1.12 bits per heavy atom. The van der Waals surface area contributed by atoms with E-state index in [9.17, 15) is 14.7 Å². The highest BCUT2D eigenvalue weighted by atomic mass is 16.5. The Bertz CT molecular complexity index is 801. The van der Waals surface area contributed by atoms with Gasteiger partial charge in [-0.05, 0) is 23.3 Å². The van der Waals surface area contributed by atoms with Crippen molar-refractivity contribution >= 4 is 17.6 Å². The smallest absolute Gasteiger partial charge is 0.354 e. The minimum absolute atomic E-state index is 0.218. The summed E-state index contributed by atoms with van der Waals surface area (Å²) in [5.41, 5.74) is 1.59. The van der Waals surface area contributed by atoms with Crippen LogP contribution in [0.3, 0.4) is 0 Å². The lowest BCUT2D eigenvalue weighted by Crippen LogP contribution is -2.15. The summed E-state index contributed by atoms with van der Waals surface area (Å²) >= 11 is 0. The molecule has 3 N–H and O–H groups in total. The average molecular weight is 357 g/mol. The lowest BCUT2D eigenvalue weighted by atomic mass is 10.2. The first-order chi connectivity index (χ1) is 12.5. The van der Waals surface area contributed by atoms with Gasteiger partial charge in [0.05, 0.1) is 25.5 Å². The number of hydrogen-bond donors (Lipinski definition) is 3. The molecule has 2 rings (SSSR count). The summed E-state index contributed by atoms with van der Waals surface area (Å²) in [6.07, 6.45) is 0.707. The van der Waals surface area contributed by atoms with Crippen LogP contribution in [0.15, 0.2) is 60.3 Å². The van der Waals surface area contributed by atoms with Gasteiger partial charge in [-0.1, -0.05) is 36.4 Å². The number of carboxylic acid groups (broad SMARTS) is 1. The van der Waals surface area contributed by atoms with Crippen molar-refractivity contribution in [2.45, 2.75) is 13.2 Å². The molecule has 0 saturated heterocycles. The van der Waals surface area contributed by atoms with Gasteiger partial charge in [0.25, 0.3) is 0 Å². The number of aliphatic carboxylic acids is 1. The van der Waals surface area contributed by atoms with Crippen LogP contribution in [0.4, 0.5) is 5.69 Å². The molecule has 0 aromatic heterocycles. The first-order valence-corrected chi connectivity index (χ1v) is 7.74. The molecule has 2 aromatic rings. The van der Waals surface area contributed by atoms with Crippen LogP contribution in [0.25, 0.3) is 0 Å². The van der Waals surface area contributed by atoms with Crippen molar-refractivity contribution in [3.05, 3.63) is 71.4 Å². The molecule has 0 aliphatic carbocycles. The van der Waals surface area contributed by atoms with Gasteiger partial charge in [-0.15, -0.1) is 0 Å². The lowest BCUT2D eigenvalue weighted by molar-refractivity contribution is -0.137. The van der Waals surface area contributed by atoms with Gasteiger partial charge in [0.15, 0.2) is 0 Å². The number of anilines is 1. The van der Waals surface area contributed by atoms with E-state index in [-0.39, 0.29) is 18.9 Å². The molecule has 26 heavy (non-hydrogen) atoms. The SMILES string of the molecule is COC(=O)C(=CC(=O)O)Nc1cc(CO)ccc1OCc1ccccc1. The summed E-state index contributed by atoms with van der Waals surface area (Å²) < 4.78 is 10.4. The Morgan fingerprint density at radius 2 is 1.85 bits per heavy atom. The number of aliphatic hydroxyl groups excluding tert-OH is 1. The van der Waals surface area contributed by atoms with Crippen LogP contribution in [0.5, 0.6) is 5.75 Å². The molecule has 0 atom stereocenters. The number of esters is 1. The van der Waals surface area contributed by atoms with Gasteiger partial charge < -0.3 is 25.0 Å². The van der Waals surface area contributed by atoms with Crippen molar-refractivity contribution in [1.29, 1.82) is 0 Å². The van der Waals surface area contributed by atoms with Crippen LogP contribution in [-0.2, 0) is 27.5 Å². The number of carbonyl (C=O) groups is 2. The second-order valence-corrected chi connectivity index (χ2v) is 5.28. The first kappa shape index (κ1) is 19.0. The molecule has 0 radical (unpaired) electrons. The Hall–Kier alpha value is -3.32. The van der Waals surface area contributed by atoms with Gasteiger partial charge in [-0.3, -0.25) is 0 Å². The van der Waals surface area contributed by atoms with E-state index >= 15 is 0 Å². The fourth-order valence-corrected chi connectivity index (χ4v) is 2.16. The van der Waals surface area contributed by atoms with Gasteiger partial charge in [0.2, 0.25) is 0 Å². The molecular weight excluding hydrogens is 338 g/mol. The number of hydrogen-bond acceptors (Lipinski definition) is 6. The number of carbonyl (C=O) groups excluding carboxylic acids is 1. The van der Waals surface area contributed by atoms with Crippen LogP contribution in [0.1, 0.15) is 11.1 Å². The van der Waals surface area contributed by atoms with Crippen molar-refractivity contribution < 1.29 is 29.3 Å². The van der Waals surface area contributed by atoms with E-state index in [0.29, 0.717) is 23.1 Å². The molecule has 0 amide bonds. The normalized spacial score (nSPS) is 10.9. The second-order valence-electron chi connectivity index (χ2n) is 5.28. The molecule has 7 heteroatoms. The van der Waals surface area contributed by atoms with Gasteiger partial charge in [-0.2, -0.15) is 0 Å². The Labute approximate surface area is 150 Å². The highest BCUT2D eigenvalue weighted by molar-refractivity contribution is 5.98. The number of rotatable bonds is 8. The van der Waals surface area contributed by atoms with Gasteiger partial charge >= 0.3 is 11.9 Å². The molecule has 0 bridgehead atoms. The van der Waals surface area contributed by atoms with Crippen LogP contribution in [0, 0.1) is 0 Å². The summed E-state index contributed by atoms with van der Waals surface area (Å²) in [5.74, 6) is -1.75. The number of carboxylic acids is 1. The lowest BCUT2D eigenvalue weighted by Gasteiger charge is -2.15. The number of benzene rings is 2. The quantitative estimate of drug-likeness (QED) is 0.492. The minimum Gasteiger partial charge on any atom is -0.487 e. The van der Waals surface area contributed by atoms with E-state index in [1.807, 2.05) is 30.3 Å². The van der Waals surface area contributed by atoms with Crippen molar-refractivity contribution in [3.63, 3.8) is 0 Å². The number of aliphatic hydroxyl groups is 1. The summed E-state index contributed by atoms with van der Waals surface area (Å²) in [7, 11) is 1.15. The van der Waals surface area contributed by atoms with Crippen LogP contribution >= 0.6 is 0 Å². The van der Waals surface area contributed by atoms with Crippen molar-refractivity contribution in [2.75, 3.05) is 12.4 Å². The number of ether oxygens (including phenoxy) is 2. The third kappa shape index (κ3) is 5.35. The van der Waals surface area contributed by atoms with Crippen LogP contribution in [0.2, 0.25) is 0 Å². The molecule has 0 fully saturated rings. The summed E-state index contributed by atoms with van der Waals surface area (Å²) in [6, 6.07) is 14.3. The monoisotopic (exact) mass is 357 g/mol. The van der Waals surface area contributed by atoms with Gasteiger partial charge in [-0.25, -0.2) is 9.59 Å². The molecule has 0 aliphatic rings. The number of methoxy groups -OCH3 is 1. The molecule has 0 heterocycles. The molecule has 0 aliphatic heterocycles. The zero-order valence-corrected chi connectivity index (χ0v) is 14.1. The molecule has 0 unspecified atom stereocenters. The zero-order chi connectivity index (χ0) is 18.9. The Kier molecular flexibility index (Phi) is 6.75.